The molecule has 112 valence electrons. The molecule has 2 rings (SSSR count). The second-order valence-corrected chi connectivity index (χ2v) is 5.26. The van der Waals surface area contributed by atoms with Crippen LogP contribution in [0.15, 0.2) is 35.3 Å². The molecule has 1 aliphatic rings. The Morgan fingerprint density at radius 1 is 1.35 bits per heavy atom. The molecule has 0 amide bonds. The van der Waals surface area contributed by atoms with Crippen LogP contribution >= 0.6 is 24.0 Å². The molecule has 0 atom stereocenters. The first-order valence-electron chi connectivity index (χ1n) is 7.03. The van der Waals surface area contributed by atoms with Crippen LogP contribution in [0.25, 0.3) is 0 Å². The predicted octanol–water partition coefficient (Wildman–Crippen LogP) is 2.19. The van der Waals surface area contributed by atoms with Crippen molar-refractivity contribution in [2.45, 2.75) is 31.8 Å². The average molecular weight is 388 g/mol. The van der Waals surface area contributed by atoms with E-state index in [4.69, 9.17) is 5.73 Å². The molecule has 0 spiro atoms. The van der Waals surface area contributed by atoms with Crippen LogP contribution in [0.5, 0.6) is 0 Å². The van der Waals surface area contributed by atoms with Gasteiger partial charge in [0.2, 0.25) is 0 Å². The summed E-state index contributed by atoms with van der Waals surface area (Å²) >= 11 is 0. The maximum atomic E-state index is 5.78. The van der Waals surface area contributed by atoms with Crippen LogP contribution in [-0.4, -0.2) is 37.0 Å². The molecule has 5 heteroatoms. The number of hydrogen-bond acceptors (Lipinski definition) is 2. The van der Waals surface area contributed by atoms with E-state index in [2.05, 4.69) is 46.5 Å². The summed E-state index contributed by atoms with van der Waals surface area (Å²) in [6.45, 7) is 2.82. The zero-order valence-corrected chi connectivity index (χ0v) is 14.4. The zero-order valence-electron chi connectivity index (χ0n) is 12.1. The maximum absolute atomic E-state index is 5.78. The number of nitrogens with two attached hydrogens (primary N) is 1. The van der Waals surface area contributed by atoms with Crippen molar-refractivity contribution in [2.75, 3.05) is 20.1 Å². The topological polar surface area (TPSA) is 53.6 Å². The average Bonchev–Trinajstić information content (AvgIpc) is 3.20. The second-order valence-electron chi connectivity index (χ2n) is 5.26. The molecule has 0 radical (unpaired) electrons. The number of hydrogen-bond donors (Lipinski definition) is 2. The summed E-state index contributed by atoms with van der Waals surface area (Å²) in [6, 6.07) is 11.1. The third kappa shape index (κ3) is 7.09. The fraction of sp³-hybridized carbons (Fsp3) is 0.533. The molecule has 1 fully saturated rings. The lowest BCUT2D eigenvalue weighted by atomic mass is 10.2. The van der Waals surface area contributed by atoms with Crippen molar-refractivity contribution in [3.8, 4) is 0 Å². The normalized spacial score (nSPS) is 15.0. The molecule has 1 saturated carbocycles. The van der Waals surface area contributed by atoms with Crippen LogP contribution in [0.1, 0.15) is 24.8 Å². The van der Waals surface area contributed by atoms with E-state index in [1.807, 2.05) is 6.07 Å². The fourth-order valence-electron chi connectivity index (χ4n) is 2.00. The summed E-state index contributed by atoms with van der Waals surface area (Å²) in [6.07, 6.45) is 3.50. The van der Waals surface area contributed by atoms with Crippen LogP contribution in [0, 0.1) is 0 Å². The second kappa shape index (κ2) is 9.18. The summed E-state index contributed by atoms with van der Waals surface area (Å²) in [5.74, 6) is 0.605. The Hall–Kier alpha value is -0.820. The van der Waals surface area contributed by atoms with Crippen molar-refractivity contribution in [1.29, 1.82) is 0 Å². The van der Waals surface area contributed by atoms with Crippen molar-refractivity contribution >= 4 is 29.9 Å². The molecule has 0 unspecified atom stereocenters. The van der Waals surface area contributed by atoms with E-state index in [1.165, 1.54) is 18.4 Å². The van der Waals surface area contributed by atoms with Gasteiger partial charge in [-0.15, -0.1) is 24.0 Å². The molecule has 4 nitrogen and oxygen atoms in total. The summed E-state index contributed by atoms with van der Waals surface area (Å²) in [5, 5.41) is 3.20. The van der Waals surface area contributed by atoms with Gasteiger partial charge in [-0.1, -0.05) is 30.3 Å². The van der Waals surface area contributed by atoms with Gasteiger partial charge in [-0.3, -0.25) is 4.99 Å². The Labute approximate surface area is 138 Å². The summed E-state index contributed by atoms with van der Waals surface area (Å²) < 4.78 is 0. The maximum Gasteiger partial charge on any atom is 0.188 e. The lowest BCUT2D eigenvalue weighted by Gasteiger charge is -2.16. The highest BCUT2D eigenvalue weighted by molar-refractivity contribution is 14.0. The highest BCUT2D eigenvalue weighted by Gasteiger charge is 2.21. The summed E-state index contributed by atoms with van der Waals surface area (Å²) in [5.41, 5.74) is 7.13. The van der Waals surface area contributed by atoms with Crippen molar-refractivity contribution in [3.63, 3.8) is 0 Å². The Morgan fingerprint density at radius 3 is 2.70 bits per heavy atom. The number of aliphatic imine (C=N–C) groups is 1. The summed E-state index contributed by atoms with van der Waals surface area (Å²) in [7, 11) is 2.14. The minimum atomic E-state index is 0. The van der Waals surface area contributed by atoms with Gasteiger partial charge < -0.3 is 16.0 Å². The smallest absolute Gasteiger partial charge is 0.188 e. The van der Waals surface area contributed by atoms with Gasteiger partial charge >= 0.3 is 0 Å². The molecule has 0 aromatic heterocycles. The molecule has 3 N–H and O–H groups in total. The van der Waals surface area contributed by atoms with E-state index in [0.717, 1.165) is 26.1 Å². The minimum absolute atomic E-state index is 0. The molecule has 0 bridgehead atoms. The Kier molecular flexibility index (Phi) is 7.91. The monoisotopic (exact) mass is 388 g/mol. The number of guanidine groups is 1. The highest BCUT2D eigenvalue weighted by Crippen LogP contribution is 2.17. The molecule has 1 aliphatic carbocycles. The van der Waals surface area contributed by atoms with Crippen molar-refractivity contribution in [2.24, 2.45) is 10.7 Å². The van der Waals surface area contributed by atoms with E-state index < -0.39 is 0 Å². The molecule has 0 saturated heterocycles. The zero-order chi connectivity index (χ0) is 13.5. The SMILES string of the molecule is CN(CCCN=C(N)NC1CC1)Cc1ccccc1.I. The first-order valence-corrected chi connectivity index (χ1v) is 7.03. The van der Waals surface area contributed by atoms with Crippen LogP contribution < -0.4 is 11.1 Å². The highest BCUT2D eigenvalue weighted by atomic mass is 127. The Morgan fingerprint density at radius 2 is 2.05 bits per heavy atom. The number of rotatable bonds is 7. The Bertz CT molecular complexity index is 404. The quantitative estimate of drug-likeness (QED) is 0.326. The molecule has 20 heavy (non-hydrogen) atoms. The van der Waals surface area contributed by atoms with Crippen molar-refractivity contribution in [1.82, 2.24) is 10.2 Å². The molecule has 1 aromatic rings. The van der Waals surface area contributed by atoms with Crippen LogP contribution in [-0.2, 0) is 6.54 Å². The van der Waals surface area contributed by atoms with Gasteiger partial charge in [0.1, 0.15) is 0 Å². The first kappa shape index (κ1) is 17.2. The van der Waals surface area contributed by atoms with Crippen LogP contribution in [0.3, 0.4) is 0 Å². The van der Waals surface area contributed by atoms with Gasteiger partial charge in [0.25, 0.3) is 0 Å². The van der Waals surface area contributed by atoms with E-state index in [-0.39, 0.29) is 24.0 Å². The van der Waals surface area contributed by atoms with Gasteiger partial charge in [0, 0.05) is 19.1 Å². The number of halogens is 1. The van der Waals surface area contributed by atoms with Gasteiger partial charge in [0.05, 0.1) is 0 Å². The predicted molar refractivity (Wildman–Crippen MR) is 95.5 cm³/mol. The van der Waals surface area contributed by atoms with Gasteiger partial charge in [0.15, 0.2) is 5.96 Å². The first-order chi connectivity index (χ1) is 9.24. The molecule has 1 aromatic carbocycles. The lowest BCUT2D eigenvalue weighted by Crippen LogP contribution is -2.33. The van der Waals surface area contributed by atoms with E-state index in [1.54, 1.807) is 0 Å². The van der Waals surface area contributed by atoms with Gasteiger partial charge in [-0.25, -0.2) is 0 Å². The third-order valence-electron chi connectivity index (χ3n) is 3.20. The fourth-order valence-corrected chi connectivity index (χ4v) is 2.00. The largest absolute Gasteiger partial charge is 0.370 e. The van der Waals surface area contributed by atoms with Crippen molar-refractivity contribution < 1.29 is 0 Å². The van der Waals surface area contributed by atoms with E-state index in [9.17, 15) is 0 Å². The van der Waals surface area contributed by atoms with Crippen LogP contribution in [0.4, 0.5) is 0 Å². The molecule has 0 heterocycles. The van der Waals surface area contributed by atoms with E-state index >= 15 is 0 Å². The third-order valence-corrected chi connectivity index (χ3v) is 3.20. The number of nitrogens with one attached hydrogen (secondary N) is 1. The van der Waals surface area contributed by atoms with Gasteiger partial charge in [-0.05, 0) is 38.4 Å². The summed E-state index contributed by atoms with van der Waals surface area (Å²) in [4.78, 5) is 6.65. The lowest BCUT2D eigenvalue weighted by molar-refractivity contribution is 0.324. The van der Waals surface area contributed by atoms with Gasteiger partial charge in [-0.2, -0.15) is 0 Å². The molecular formula is C15H25IN4. The molecular weight excluding hydrogens is 363 g/mol. The standard InChI is InChI=1S/C15H24N4.HI/c1-19(12-13-6-3-2-4-7-13)11-5-10-17-15(16)18-14-8-9-14;/h2-4,6-7,14H,5,8-12H2,1H3,(H3,16,17,18);1H. The Balaban J connectivity index is 0.00000200. The minimum Gasteiger partial charge on any atom is -0.370 e. The number of benzene rings is 1. The number of nitrogens with zero attached hydrogens (tertiary/aromatic N) is 2. The van der Waals surface area contributed by atoms with Crippen molar-refractivity contribution in [3.05, 3.63) is 35.9 Å². The van der Waals surface area contributed by atoms with Crippen LogP contribution in [0.2, 0.25) is 0 Å². The molecule has 0 aliphatic heterocycles. The van der Waals surface area contributed by atoms with E-state index in [0.29, 0.717) is 12.0 Å².